The number of aromatic carboxylic acids is 1. The molecule has 7 heteroatoms. The summed E-state index contributed by atoms with van der Waals surface area (Å²) in [5.41, 5.74) is -0.680. The second-order valence-electron chi connectivity index (χ2n) is 4.66. The van der Waals surface area contributed by atoms with Crippen molar-refractivity contribution < 1.29 is 19.0 Å². The highest BCUT2D eigenvalue weighted by molar-refractivity contribution is 9.10. The number of pyridine rings is 1. The average Bonchev–Trinajstić information content (AvgIpc) is 2.38. The van der Waals surface area contributed by atoms with Gasteiger partial charge in [0.05, 0.1) is 21.9 Å². The molecule has 2 aromatic rings. The van der Waals surface area contributed by atoms with Gasteiger partial charge in [-0.05, 0) is 28.9 Å². The van der Waals surface area contributed by atoms with Crippen LogP contribution in [-0.2, 0) is 6.54 Å². The summed E-state index contributed by atoms with van der Waals surface area (Å²) in [6, 6.07) is 1.04. The third-order valence-electron chi connectivity index (χ3n) is 3.21. The van der Waals surface area contributed by atoms with Gasteiger partial charge in [-0.1, -0.05) is 0 Å². The van der Waals surface area contributed by atoms with Crippen molar-refractivity contribution in [2.24, 2.45) is 0 Å². The number of benzene rings is 1. The highest BCUT2D eigenvalue weighted by Gasteiger charge is 2.26. The Kier molecular flexibility index (Phi) is 2.82. The Hall–Kier alpha value is -1.89. The highest BCUT2D eigenvalue weighted by Crippen LogP contribution is 2.38. The highest BCUT2D eigenvalue weighted by atomic mass is 79.9. The van der Waals surface area contributed by atoms with Crippen LogP contribution in [0.2, 0.25) is 0 Å². The monoisotopic (exact) mass is 341 g/mol. The van der Waals surface area contributed by atoms with Crippen LogP contribution >= 0.6 is 15.9 Å². The second kappa shape index (κ2) is 4.31. The number of rotatable bonds is 1. The predicted molar refractivity (Wildman–Crippen MR) is 72.9 cm³/mol. The van der Waals surface area contributed by atoms with Crippen LogP contribution < -0.4 is 10.2 Å². The Bertz CT molecular complexity index is 814. The van der Waals surface area contributed by atoms with Crippen molar-refractivity contribution >= 4 is 32.8 Å². The summed E-state index contributed by atoms with van der Waals surface area (Å²) in [5, 5.41) is 9.08. The smallest absolute Gasteiger partial charge is 0.341 e. The largest absolute Gasteiger partial charge is 0.485 e. The average molecular weight is 342 g/mol. The summed E-state index contributed by atoms with van der Waals surface area (Å²) in [5.74, 6) is -1.76. The lowest BCUT2D eigenvalue weighted by molar-refractivity contribution is 0.0694. The third-order valence-corrected chi connectivity index (χ3v) is 3.95. The molecule has 20 heavy (non-hydrogen) atoms. The quantitative estimate of drug-likeness (QED) is 0.864. The molecule has 0 amide bonds. The van der Waals surface area contributed by atoms with Gasteiger partial charge < -0.3 is 14.4 Å². The first-order valence-corrected chi connectivity index (χ1v) is 6.64. The molecular weight excluding hydrogens is 333 g/mol. The molecule has 1 aromatic heterocycles. The first-order chi connectivity index (χ1) is 9.40. The van der Waals surface area contributed by atoms with E-state index >= 15 is 0 Å². The minimum atomic E-state index is -1.33. The number of hydrogen-bond donors (Lipinski definition) is 1. The topological polar surface area (TPSA) is 68.5 Å². The zero-order valence-electron chi connectivity index (χ0n) is 10.3. The molecule has 104 valence electrons. The molecule has 1 aliphatic rings. The molecule has 0 radical (unpaired) electrons. The second-order valence-corrected chi connectivity index (χ2v) is 5.45. The Balaban J connectivity index is 2.53. The Morgan fingerprint density at radius 1 is 1.60 bits per heavy atom. The number of halogens is 2. The molecule has 0 saturated carbocycles. The molecule has 3 rings (SSSR count). The van der Waals surface area contributed by atoms with E-state index in [9.17, 15) is 14.0 Å². The van der Waals surface area contributed by atoms with E-state index in [4.69, 9.17) is 9.84 Å². The van der Waals surface area contributed by atoms with Gasteiger partial charge in [0, 0.05) is 6.20 Å². The molecule has 1 N–H and O–H groups in total. The molecule has 0 bridgehead atoms. The summed E-state index contributed by atoms with van der Waals surface area (Å²) >= 11 is 3.10. The molecule has 1 aromatic carbocycles. The van der Waals surface area contributed by atoms with Crippen molar-refractivity contribution in [2.45, 2.75) is 19.6 Å². The van der Waals surface area contributed by atoms with Crippen molar-refractivity contribution in [3.63, 3.8) is 0 Å². The molecule has 0 fully saturated rings. The third kappa shape index (κ3) is 1.73. The fourth-order valence-corrected chi connectivity index (χ4v) is 2.79. The zero-order valence-corrected chi connectivity index (χ0v) is 11.9. The Labute approximate surface area is 120 Å². The van der Waals surface area contributed by atoms with Gasteiger partial charge in [0.25, 0.3) is 0 Å². The lowest BCUT2D eigenvalue weighted by Gasteiger charge is -2.27. The van der Waals surface area contributed by atoms with Gasteiger partial charge in [0.2, 0.25) is 5.43 Å². The van der Waals surface area contributed by atoms with Crippen molar-refractivity contribution in [1.82, 2.24) is 4.57 Å². The first-order valence-electron chi connectivity index (χ1n) is 5.85. The van der Waals surface area contributed by atoms with Crippen LogP contribution in [0.4, 0.5) is 4.39 Å². The number of carboxylic acid groups (broad SMARTS) is 1. The fourth-order valence-electron chi connectivity index (χ4n) is 2.39. The van der Waals surface area contributed by atoms with E-state index in [2.05, 4.69) is 15.9 Å². The van der Waals surface area contributed by atoms with Gasteiger partial charge in [0.15, 0.2) is 5.75 Å². The van der Waals surface area contributed by atoms with Crippen LogP contribution in [0, 0.1) is 5.82 Å². The van der Waals surface area contributed by atoms with E-state index in [1.54, 1.807) is 11.5 Å². The molecular formula is C13H9BrFNO4. The lowest BCUT2D eigenvalue weighted by atomic mass is 10.1. The lowest BCUT2D eigenvalue weighted by Crippen LogP contribution is -2.29. The van der Waals surface area contributed by atoms with Gasteiger partial charge in [-0.25, -0.2) is 9.18 Å². The van der Waals surface area contributed by atoms with Crippen molar-refractivity contribution in [3.8, 4) is 5.75 Å². The van der Waals surface area contributed by atoms with Gasteiger partial charge >= 0.3 is 5.97 Å². The molecule has 5 nitrogen and oxygen atoms in total. The van der Waals surface area contributed by atoms with Crippen LogP contribution in [0.1, 0.15) is 17.3 Å². The van der Waals surface area contributed by atoms with Gasteiger partial charge in [-0.3, -0.25) is 4.79 Å². The van der Waals surface area contributed by atoms with E-state index in [0.29, 0.717) is 12.1 Å². The van der Waals surface area contributed by atoms with E-state index in [0.717, 1.165) is 6.07 Å². The Morgan fingerprint density at radius 3 is 2.95 bits per heavy atom. The standard InChI is InChI=1S/C13H9BrFNO4/c1-5-3-16-4-7(13(18)19)11(17)6-2-8(15)9(14)12(20-5)10(6)16/h2,4-5H,3H2,1H3,(H,18,19)/t5-/m1/s1. The maximum Gasteiger partial charge on any atom is 0.341 e. The number of carboxylic acids is 1. The predicted octanol–water partition coefficient (Wildman–Crippen LogP) is 2.38. The van der Waals surface area contributed by atoms with Crippen molar-refractivity contribution in [2.75, 3.05) is 0 Å². The van der Waals surface area contributed by atoms with E-state index in [1.807, 2.05) is 0 Å². The van der Waals surface area contributed by atoms with E-state index in [1.165, 1.54) is 6.20 Å². The summed E-state index contributed by atoms with van der Waals surface area (Å²) < 4.78 is 21.2. The zero-order chi connectivity index (χ0) is 14.6. The van der Waals surface area contributed by atoms with Crippen molar-refractivity contribution in [1.29, 1.82) is 0 Å². The Morgan fingerprint density at radius 2 is 2.30 bits per heavy atom. The van der Waals surface area contributed by atoms with Gasteiger partial charge in [-0.15, -0.1) is 0 Å². The SMILES string of the molecule is C[C@@H]1Cn2cc(C(=O)O)c(=O)c3cc(F)c(Br)c(c32)O1. The summed E-state index contributed by atoms with van der Waals surface area (Å²) in [6.07, 6.45) is 1.02. The molecule has 2 heterocycles. The summed E-state index contributed by atoms with van der Waals surface area (Å²) in [7, 11) is 0. The molecule has 0 aliphatic carbocycles. The van der Waals surface area contributed by atoms with Gasteiger partial charge in [0.1, 0.15) is 17.5 Å². The molecule has 0 saturated heterocycles. The maximum atomic E-state index is 13.9. The molecule has 0 spiro atoms. The summed E-state index contributed by atoms with van der Waals surface area (Å²) in [6.45, 7) is 2.17. The summed E-state index contributed by atoms with van der Waals surface area (Å²) in [4.78, 5) is 23.3. The van der Waals surface area contributed by atoms with Crippen molar-refractivity contribution in [3.05, 3.63) is 38.3 Å². The van der Waals surface area contributed by atoms with Crippen LogP contribution in [-0.4, -0.2) is 21.7 Å². The number of nitrogens with zero attached hydrogens (tertiary/aromatic N) is 1. The molecule has 0 unspecified atom stereocenters. The number of hydrogen-bond acceptors (Lipinski definition) is 3. The van der Waals surface area contributed by atoms with Crippen LogP contribution in [0.25, 0.3) is 10.9 Å². The molecule has 1 aliphatic heterocycles. The van der Waals surface area contributed by atoms with E-state index in [-0.39, 0.29) is 27.3 Å². The molecule has 1 atom stereocenters. The van der Waals surface area contributed by atoms with Gasteiger partial charge in [-0.2, -0.15) is 0 Å². The normalized spacial score (nSPS) is 17.1. The fraction of sp³-hybridized carbons (Fsp3) is 0.231. The number of ether oxygens (including phenoxy) is 1. The van der Waals surface area contributed by atoms with Crippen LogP contribution in [0.15, 0.2) is 21.5 Å². The first kappa shape index (κ1) is 13.1. The van der Waals surface area contributed by atoms with Crippen LogP contribution in [0.3, 0.4) is 0 Å². The minimum absolute atomic E-state index is 0.00694. The van der Waals surface area contributed by atoms with Crippen LogP contribution in [0.5, 0.6) is 5.75 Å². The maximum absolute atomic E-state index is 13.9. The minimum Gasteiger partial charge on any atom is -0.485 e. The number of aromatic nitrogens is 1. The van der Waals surface area contributed by atoms with E-state index < -0.39 is 17.2 Å². The number of carbonyl (C=O) groups is 1.